The lowest BCUT2D eigenvalue weighted by Crippen LogP contribution is -2.06. The first-order valence-electron chi connectivity index (χ1n) is 3.59. The maximum absolute atomic E-state index is 10.9. The fourth-order valence-corrected chi connectivity index (χ4v) is 1.38. The summed E-state index contributed by atoms with van der Waals surface area (Å²) in [5.74, 6) is -0.118. The van der Waals surface area contributed by atoms with Gasteiger partial charge in [-0.25, -0.2) is 8.42 Å². The van der Waals surface area contributed by atoms with E-state index in [9.17, 15) is 13.2 Å². The Kier molecular flexibility index (Phi) is 2.47. The molecule has 0 aliphatic heterocycles. The smallest absolute Gasteiger partial charge is 0.250 e. The number of rotatable bonds is 1. The molecule has 1 aliphatic rings. The largest absolute Gasteiger partial charge is 0.290 e. The number of carbonyl (C=O) groups is 1. The van der Waals surface area contributed by atoms with Crippen LogP contribution in [-0.4, -0.2) is 26.2 Å². The van der Waals surface area contributed by atoms with E-state index in [1.54, 1.807) is 6.92 Å². The van der Waals surface area contributed by atoms with Crippen LogP contribution in [0.3, 0.4) is 0 Å². The molecule has 1 rings (SSSR count). The normalized spacial score (nSPS) is 20.6. The Balaban J connectivity index is 3.07. The van der Waals surface area contributed by atoms with Crippen molar-refractivity contribution in [2.24, 2.45) is 4.40 Å². The zero-order chi connectivity index (χ0) is 10.1. The van der Waals surface area contributed by atoms with Crippen LogP contribution in [0.5, 0.6) is 0 Å². The van der Waals surface area contributed by atoms with Crippen molar-refractivity contribution >= 4 is 21.5 Å². The third-order valence-corrected chi connectivity index (χ3v) is 1.97. The van der Waals surface area contributed by atoms with Gasteiger partial charge in [-0.1, -0.05) is 0 Å². The van der Waals surface area contributed by atoms with Gasteiger partial charge in [0.2, 0.25) is 0 Å². The monoisotopic (exact) mass is 199 g/mol. The fourth-order valence-electron chi connectivity index (χ4n) is 0.882. The summed E-state index contributed by atoms with van der Waals surface area (Å²) in [7, 11) is -3.38. The highest BCUT2D eigenvalue weighted by Crippen LogP contribution is 2.05. The summed E-state index contributed by atoms with van der Waals surface area (Å²) in [6.07, 6.45) is 5.15. The van der Waals surface area contributed by atoms with E-state index in [0.717, 1.165) is 6.26 Å². The Labute approximate surface area is 76.7 Å². The van der Waals surface area contributed by atoms with Gasteiger partial charge in [-0.15, -0.1) is 0 Å². The van der Waals surface area contributed by atoms with Crippen LogP contribution in [0.1, 0.15) is 6.92 Å². The summed E-state index contributed by atoms with van der Waals surface area (Å²) in [5.41, 5.74) is 0.782. The molecule has 0 N–H and O–H groups in total. The maximum atomic E-state index is 10.9. The van der Waals surface area contributed by atoms with E-state index in [-0.39, 0.29) is 5.78 Å². The van der Waals surface area contributed by atoms with Gasteiger partial charge in [0.15, 0.2) is 5.78 Å². The summed E-state index contributed by atoms with van der Waals surface area (Å²) in [6.45, 7) is 1.61. The average molecular weight is 199 g/mol. The number of carbonyl (C=O) groups excluding carboxylic acids is 1. The highest BCUT2D eigenvalue weighted by Gasteiger charge is 2.08. The molecule has 13 heavy (non-hydrogen) atoms. The summed E-state index contributed by atoms with van der Waals surface area (Å²) in [6, 6.07) is 0. The first kappa shape index (κ1) is 9.85. The van der Waals surface area contributed by atoms with Crippen LogP contribution in [0.2, 0.25) is 0 Å². The molecule has 70 valence electrons. The average Bonchev–Trinajstić information content (AvgIpc) is 1.94. The number of allylic oxidation sites excluding steroid dienone is 4. The Hall–Kier alpha value is -1.23. The zero-order valence-electron chi connectivity index (χ0n) is 7.31. The van der Waals surface area contributed by atoms with Crippen LogP contribution < -0.4 is 0 Å². The van der Waals surface area contributed by atoms with Gasteiger partial charge in [-0.2, -0.15) is 4.40 Å². The van der Waals surface area contributed by atoms with Crippen molar-refractivity contribution in [2.75, 3.05) is 6.26 Å². The SMILES string of the molecule is CC1=CC(=NS(C)(=O)=O)C=CC1=O. The molecule has 0 saturated carbocycles. The number of hydrogen-bond acceptors (Lipinski definition) is 3. The minimum absolute atomic E-state index is 0.118. The van der Waals surface area contributed by atoms with Crippen molar-refractivity contribution in [3.8, 4) is 0 Å². The molecule has 0 fully saturated rings. The minimum atomic E-state index is -3.38. The lowest BCUT2D eigenvalue weighted by molar-refractivity contribution is -0.111. The Morgan fingerprint density at radius 1 is 1.31 bits per heavy atom. The predicted octanol–water partition coefficient (Wildman–Crippen LogP) is 0.472. The highest BCUT2D eigenvalue weighted by atomic mass is 32.2. The van der Waals surface area contributed by atoms with Crippen molar-refractivity contribution in [3.05, 3.63) is 23.8 Å². The van der Waals surface area contributed by atoms with Gasteiger partial charge in [0, 0.05) is 0 Å². The lowest BCUT2D eigenvalue weighted by Gasteiger charge is -2.02. The van der Waals surface area contributed by atoms with Crippen molar-refractivity contribution in [1.29, 1.82) is 0 Å². The van der Waals surface area contributed by atoms with Gasteiger partial charge in [-0.05, 0) is 30.7 Å². The molecule has 4 nitrogen and oxygen atoms in total. The number of ketones is 1. The summed E-state index contributed by atoms with van der Waals surface area (Å²) >= 11 is 0. The van der Waals surface area contributed by atoms with Crippen molar-refractivity contribution in [2.45, 2.75) is 6.92 Å². The third kappa shape index (κ3) is 2.95. The molecule has 0 aromatic heterocycles. The molecule has 0 bridgehead atoms. The van der Waals surface area contributed by atoms with Crippen LogP contribution in [0.15, 0.2) is 28.2 Å². The Morgan fingerprint density at radius 2 is 1.92 bits per heavy atom. The molecule has 0 heterocycles. The van der Waals surface area contributed by atoms with E-state index in [1.165, 1.54) is 18.2 Å². The quantitative estimate of drug-likeness (QED) is 0.577. The molecule has 0 aromatic carbocycles. The van der Waals surface area contributed by atoms with E-state index in [0.29, 0.717) is 11.3 Å². The lowest BCUT2D eigenvalue weighted by atomic mass is 10.1. The van der Waals surface area contributed by atoms with Crippen molar-refractivity contribution in [1.82, 2.24) is 0 Å². The van der Waals surface area contributed by atoms with Crippen LogP contribution in [-0.2, 0) is 14.8 Å². The molecular formula is C8H9NO3S. The van der Waals surface area contributed by atoms with E-state index < -0.39 is 10.0 Å². The second-order valence-electron chi connectivity index (χ2n) is 2.77. The number of sulfonamides is 1. The second-order valence-corrected chi connectivity index (χ2v) is 4.42. The Bertz CT molecular complexity index is 426. The van der Waals surface area contributed by atoms with Gasteiger partial charge in [0.1, 0.15) is 0 Å². The number of hydrogen-bond donors (Lipinski definition) is 0. The molecule has 0 aromatic rings. The predicted molar refractivity (Wildman–Crippen MR) is 50.2 cm³/mol. The van der Waals surface area contributed by atoms with Gasteiger partial charge in [-0.3, -0.25) is 4.79 Å². The second kappa shape index (κ2) is 3.26. The minimum Gasteiger partial charge on any atom is -0.290 e. The molecule has 0 spiro atoms. The first-order chi connectivity index (χ1) is 5.88. The van der Waals surface area contributed by atoms with Gasteiger partial charge >= 0.3 is 0 Å². The molecule has 0 saturated heterocycles. The van der Waals surface area contributed by atoms with Gasteiger partial charge in [0.25, 0.3) is 10.0 Å². The highest BCUT2D eigenvalue weighted by molar-refractivity contribution is 7.89. The molecule has 1 aliphatic carbocycles. The van der Waals surface area contributed by atoms with Gasteiger partial charge in [0.05, 0.1) is 12.0 Å². The Morgan fingerprint density at radius 3 is 2.38 bits per heavy atom. The molecule has 0 radical (unpaired) electrons. The maximum Gasteiger partial charge on any atom is 0.250 e. The van der Waals surface area contributed by atoms with Crippen LogP contribution in [0, 0.1) is 0 Å². The first-order valence-corrected chi connectivity index (χ1v) is 5.44. The van der Waals surface area contributed by atoms with E-state index in [1.807, 2.05) is 0 Å². The fraction of sp³-hybridized carbons (Fsp3) is 0.250. The third-order valence-electron chi connectivity index (χ3n) is 1.43. The standard InChI is InChI=1S/C8H9NO3S/c1-6-5-7(3-4-8(6)10)9-13(2,11)12/h3-5H,1-2H3. The van der Waals surface area contributed by atoms with Gasteiger partial charge < -0.3 is 0 Å². The zero-order valence-corrected chi connectivity index (χ0v) is 8.13. The topological polar surface area (TPSA) is 63.6 Å². The summed E-state index contributed by atoms with van der Waals surface area (Å²) in [4.78, 5) is 10.9. The summed E-state index contributed by atoms with van der Waals surface area (Å²) in [5, 5.41) is 0. The van der Waals surface area contributed by atoms with Crippen LogP contribution >= 0.6 is 0 Å². The van der Waals surface area contributed by atoms with Crippen LogP contribution in [0.4, 0.5) is 0 Å². The molecule has 0 atom stereocenters. The van der Waals surface area contributed by atoms with E-state index >= 15 is 0 Å². The molecule has 5 heteroatoms. The van der Waals surface area contributed by atoms with E-state index in [4.69, 9.17) is 0 Å². The molecular weight excluding hydrogens is 190 g/mol. The number of nitrogens with zero attached hydrogens (tertiary/aromatic N) is 1. The van der Waals surface area contributed by atoms with Crippen molar-refractivity contribution < 1.29 is 13.2 Å². The van der Waals surface area contributed by atoms with Crippen molar-refractivity contribution in [3.63, 3.8) is 0 Å². The molecule has 0 amide bonds. The molecule has 0 unspecified atom stereocenters. The summed E-state index contributed by atoms with van der Waals surface area (Å²) < 4.78 is 24.9. The van der Waals surface area contributed by atoms with E-state index in [2.05, 4.69) is 4.40 Å². The van der Waals surface area contributed by atoms with Crippen LogP contribution in [0.25, 0.3) is 0 Å².